The van der Waals surface area contributed by atoms with E-state index in [1.165, 1.54) is 6.07 Å². The molecule has 2 aromatic rings. The summed E-state index contributed by atoms with van der Waals surface area (Å²) in [5, 5.41) is 22.3. The van der Waals surface area contributed by atoms with Crippen molar-refractivity contribution in [2.45, 2.75) is 31.6 Å². The minimum Gasteiger partial charge on any atom is -0.485 e. The van der Waals surface area contributed by atoms with Crippen LogP contribution in [-0.4, -0.2) is 22.7 Å². The first-order valence-electron chi connectivity index (χ1n) is 7.90. The van der Waals surface area contributed by atoms with Gasteiger partial charge in [-0.25, -0.2) is 8.78 Å². The van der Waals surface area contributed by atoms with Gasteiger partial charge in [0, 0.05) is 11.6 Å². The standard InChI is InChI=1S/C19H16F2N2O3/c1-19(2)17(24)16(13-7-10(9-22)3-6-15(13)26-19)23-18(25)12-5-4-11(20)8-14(12)21/h3-8,16-17,24H,1-2H3,(H,23,25)/t16-,17+/m0/s1. The summed E-state index contributed by atoms with van der Waals surface area (Å²) in [7, 11) is 0. The number of carbonyl (C=O) groups is 1. The predicted molar refractivity (Wildman–Crippen MR) is 88.4 cm³/mol. The molecule has 3 rings (SSSR count). The molecule has 1 aliphatic rings. The van der Waals surface area contributed by atoms with Crippen molar-refractivity contribution in [1.82, 2.24) is 5.32 Å². The Bertz CT molecular complexity index is 921. The van der Waals surface area contributed by atoms with E-state index < -0.39 is 35.3 Å². The summed E-state index contributed by atoms with van der Waals surface area (Å²) in [6.45, 7) is 3.30. The largest absolute Gasteiger partial charge is 0.485 e. The maximum Gasteiger partial charge on any atom is 0.254 e. The number of aliphatic hydroxyl groups excluding tert-OH is 1. The zero-order chi connectivity index (χ0) is 19.1. The van der Waals surface area contributed by atoms with Gasteiger partial charge in [-0.05, 0) is 44.2 Å². The van der Waals surface area contributed by atoms with Crippen LogP contribution in [0.5, 0.6) is 5.75 Å². The number of nitrogens with zero attached hydrogens (tertiary/aromatic N) is 1. The molecule has 0 aliphatic carbocycles. The minimum absolute atomic E-state index is 0.325. The SMILES string of the molecule is CC1(C)Oc2ccc(C#N)cc2[C@H](NC(=O)c2ccc(F)cc2F)[C@H]1O. The number of amides is 1. The van der Waals surface area contributed by atoms with Crippen LogP contribution in [0.2, 0.25) is 0 Å². The highest BCUT2D eigenvalue weighted by atomic mass is 19.1. The summed E-state index contributed by atoms with van der Waals surface area (Å²) < 4.78 is 32.7. The number of rotatable bonds is 2. The average Bonchev–Trinajstić information content (AvgIpc) is 2.58. The van der Waals surface area contributed by atoms with Crippen LogP contribution in [0.15, 0.2) is 36.4 Å². The number of halogens is 2. The van der Waals surface area contributed by atoms with E-state index in [1.807, 2.05) is 6.07 Å². The fraction of sp³-hybridized carbons (Fsp3) is 0.263. The molecule has 0 unspecified atom stereocenters. The van der Waals surface area contributed by atoms with E-state index in [-0.39, 0.29) is 5.56 Å². The lowest BCUT2D eigenvalue weighted by atomic mass is 9.85. The molecule has 1 aliphatic heterocycles. The van der Waals surface area contributed by atoms with Crippen molar-refractivity contribution < 1.29 is 23.4 Å². The molecule has 1 amide bonds. The van der Waals surface area contributed by atoms with Gasteiger partial charge in [-0.15, -0.1) is 0 Å². The summed E-state index contributed by atoms with van der Waals surface area (Å²) >= 11 is 0. The van der Waals surface area contributed by atoms with Crippen molar-refractivity contribution in [1.29, 1.82) is 5.26 Å². The summed E-state index contributed by atoms with van der Waals surface area (Å²) in [5.41, 5.74) is -0.639. The molecule has 0 radical (unpaired) electrons. The Labute approximate surface area is 148 Å². The third-order valence-electron chi connectivity index (χ3n) is 4.34. The van der Waals surface area contributed by atoms with Crippen molar-refractivity contribution in [2.75, 3.05) is 0 Å². The zero-order valence-corrected chi connectivity index (χ0v) is 14.1. The Morgan fingerprint density at radius 3 is 2.65 bits per heavy atom. The van der Waals surface area contributed by atoms with E-state index in [9.17, 15) is 18.7 Å². The number of nitrogens with one attached hydrogen (secondary N) is 1. The number of carbonyl (C=O) groups excluding carboxylic acids is 1. The molecule has 1 heterocycles. The normalized spacial score (nSPS) is 20.5. The van der Waals surface area contributed by atoms with Crippen molar-refractivity contribution >= 4 is 5.91 Å². The van der Waals surface area contributed by atoms with Crippen LogP contribution < -0.4 is 10.1 Å². The van der Waals surface area contributed by atoms with Gasteiger partial charge in [0.25, 0.3) is 5.91 Å². The van der Waals surface area contributed by atoms with Gasteiger partial charge < -0.3 is 15.2 Å². The van der Waals surface area contributed by atoms with Crippen LogP contribution in [0.1, 0.15) is 41.4 Å². The van der Waals surface area contributed by atoms with Gasteiger partial charge in [0.1, 0.15) is 29.1 Å². The molecular formula is C19H16F2N2O3. The highest BCUT2D eigenvalue weighted by Crippen LogP contribution is 2.40. The lowest BCUT2D eigenvalue weighted by Crippen LogP contribution is -2.53. The third kappa shape index (κ3) is 3.11. The fourth-order valence-corrected chi connectivity index (χ4v) is 2.92. The second kappa shape index (κ2) is 6.39. The molecule has 26 heavy (non-hydrogen) atoms. The van der Waals surface area contributed by atoms with Crippen molar-refractivity contribution in [3.05, 3.63) is 64.7 Å². The molecule has 134 valence electrons. The monoisotopic (exact) mass is 358 g/mol. The number of benzene rings is 2. The zero-order valence-electron chi connectivity index (χ0n) is 14.1. The molecule has 0 fully saturated rings. The molecule has 2 N–H and O–H groups in total. The average molecular weight is 358 g/mol. The minimum atomic E-state index is -1.16. The molecule has 0 aromatic heterocycles. The van der Waals surface area contributed by atoms with Crippen LogP contribution in [0.25, 0.3) is 0 Å². The van der Waals surface area contributed by atoms with Crippen LogP contribution in [-0.2, 0) is 0 Å². The first-order chi connectivity index (χ1) is 12.2. The molecular weight excluding hydrogens is 342 g/mol. The molecule has 7 heteroatoms. The molecule has 0 saturated carbocycles. The Balaban J connectivity index is 2.00. The second-order valence-corrected chi connectivity index (χ2v) is 6.59. The van der Waals surface area contributed by atoms with E-state index in [2.05, 4.69) is 5.32 Å². The lowest BCUT2D eigenvalue weighted by molar-refractivity contribution is -0.0627. The van der Waals surface area contributed by atoms with Gasteiger partial charge in [-0.2, -0.15) is 5.26 Å². The van der Waals surface area contributed by atoms with E-state index in [1.54, 1.807) is 26.0 Å². The maximum atomic E-state index is 13.9. The van der Waals surface area contributed by atoms with E-state index in [0.717, 1.165) is 12.1 Å². The van der Waals surface area contributed by atoms with Crippen molar-refractivity contribution in [2.24, 2.45) is 0 Å². The highest BCUT2D eigenvalue weighted by Gasteiger charge is 2.43. The Morgan fingerprint density at radius 1 is 1.27 bits per heavy atom. The smallest absolute Gasteiger partial charge is 0.254 e. The van der Waals surface area contributed by atoms with Crippen molar-refractivity contribution in [3.63, 3.8) is 0 Å². The number of fused-ring (bicyclic) bond motifs is 1. The molecule has 2 aromatic carbocycles. The number of aliphatic hydroxyl groups is 1. The molecule has 0 spiro atoms. The molecule has 2 atom stereocenters. The predicted octanol–water partition coefficient (Wildman–Crippen LogP) is 2.84. The Morgan fingerprint density at radius 2 is 2.00 bits per heavy atom. The van der Waals surface area contributed by atoms with Crippen LogP contribution in [0.3, 0.4) is 0 Å². The second-order valence-electron chi connectivity index (χ2n) is 6.59. The number of ether oxygens (including phenoxy) is 1. The third-order valence-corrected chi connectivity index (χ3v) is 4.34. The highest BCUT2D eigenvalue weighted by molar-refractivity contribution is 5.94. The van der Waals surface area contributed by atoms with Gasteiger partial charge >= 0.3 is 0 Å². The van der Waals surface area contributed by atoms with Crippen LogP contribution in [0.4, 0.5) is 8.78 Å². The summed E-state index contributed by atoms with van der Waals surface area (Å²) in [5.74, 6) is -2.20. The van der Waals surface area contributed by atoms with E-state index >= 15 is 0 Å². The Hall–Kier alpha value is -2.98. The van der Waals surface area contributed by atoms with E-state index in [0.29, 0.717) is 22.9 Å². The Kier molecular flexibility index (Phi) is 4.38. The topological polar surface area (TPSA) is 82.3 Å². The quantitative estimate of drug-likeness (QED) is 0.865. The molecule has 0 bridgehead atoms. The number of nitriles is 1. The lowest BCUT2D eigenvalue weighted by Gasteiger charge is -2.42. The maximum absolute atomic E-state index is 13.9. The summed E-state index contributed by atoms with van der Waals surface area (Å²) in [6.07, 6.45) is -1.16. The van der Waals surface area contributed by atoms with Gasteiger partial charge in [0.05, 0.1) is 23.2 Å². The van der Waals surface area contributed by atoms with Crippen LogP contribution in [0, 0.1) is 23.0 Å². The fourth-order valence-electron chi connectivity index (χ4n) is 2.92. The summed E-state index contributed by atoms with van der Waals surface area (Å²) in [6, 6.07) is 8.31. The molecule has 5 nitrogen and oxygen atoms in total. The van der Waals surface area contributed by atoms with Gasteiger partial charge in [0.2, 0.25) is 0 Å². The first kappa shape index (κ1) is 17.8. The molecule has 0 saturated heterocycles. The van der Waals surface area contributed by atoms with E-state index in [4.69, 9.17) is 10.00 Å². The first-order valence-corrected chi connectivity index (χ1v) is 7.90. The van der Waals surface area contributed by atoms with Gasteiger partial charge in [-0.1, -0.05) is 0 Å². The number of hydrogen-bond donors (Lipinski definition) is 2. The number of hydrogen-bond acceptors (Lipinski definition) is 4. The van der Waals surface area contributed by atoms with Gasteiger partial charge in [0.15, 0.2) is 0 Å². The van der Waals surface area contributed by atoms with Gasteiger partial charge in [-0.3, -0.25) is 4.79 Å². The summed E-state index contributed by atoms with van der Waals surface area (Å²) in [4.78, 5) is 12.5. The van der Waals surface area contributed by atoms with Crippen LogP contribution >= 0.6 is 0 Å². The van der Waals surface area contributed by atoms with Crippen molar-refractivity contribution in [3.8, 4) is 11.8 Å².